The summed E-state index contributed by atoms with van der Waals surface area (Å²) in [7, 11) is 0. The summed E-state index contributed by atoms with van der Waals surface area (Å²) in [5.41, 5.74) is 3.32. The maximum atomic E-state index is 10.1. The molecule has 39 heavy (non-hydrogen) atoms. The second-order valence-corrected chi connectivity index (χ2v) is 10.9. The average Bonchev–Trinajstić information content (AvgIpc) is 3.27. The van der Waals surface area contributed by atoms with Crippen LogP contribution in [0.5, 0.6) is 0 Å². The molecular weight excluding hydrogens is 482 g/mol. The molecule has 6 nitrogen and oxygen atoms in total. The van der Waals surface area contributed by atoms with Gasteiger partial charge in [0.25, 0.3) is 0 Å². The van der Waals surface area contributed by atoms with Gasteiger partial charge in [0.05, 0.1) is 17.4 Å². The van der Waals surface area contributed by atoms with Crippen molar-refractivity contribution in [1.29, 1.82) is 5.26 Å². The first-order valence-electron chi connectivity index (χ1n) is 13.8. The third kappa shape index (κ3) is 9.01. The number of hydrogen-bond donors (Lipinski definition) is 1. The second-order valence-electron chi connectivity index (χ2n) is 10.9. The SMILES string of the molecule is C/C=C\CC.C=CC(C)/C=C/c1cnc2cc(C)nn2c1/N=C/C1=CCC(C)(C2CC(C)(O)C2)C=C1.CC#N. The van der Waals surface area contributed by atoms with Gasteiger partial charge in [0.15, 0.2) is 11.5 Å². The van der Waals surface area contributed by atoms with Crippen molar-refractivity contribution >= 4 is 23.8 Å². The molecule has 0 aromatic carbocycles. The van der Waals surface area contributed by atoms with Crippen molar-refractivity contribution in [2.45, 2.75) is 79.8 Å². The third-order valence-electron chi connectivity index (χ3n) is 7.10. The molecule has 2 unspecified atom stereocenters. The molecule has 0 spiro atoms. The van der Waals surface area contributed by atoms with Crippen molar-refractivity contribution in [2.24, 2.45) is 22.2 Å². The lowest BCUT2D eigenvalue weighted by atomic mass is 9.58. The Labute approximate surface area is 234 Å². The number of aromatic nitrogens is 3. The minimum Gasteiger partial charge on any atom is -0.390 e. The molecule has 2 atom stereocenters. The standard InChI is InChI=1S/C26H32N4O.C5H10.C2H3N/c1-6-18(2)7-8-21-17-27-23-13-19(3)29-30(23)24(21)28-16-20-9-11-25(4,12-10-20)22-14-26(5,31)15-22;1-3-5-4-2;1-2-3/h6-11,13,16-18,22,31H,1,12,14-15H2,2-5H3;3,5H,4H2,1-2H3;1H3/b8-7+,28-16+;5-3-;. The Kier molecular flexibility index (Phi) is 11.8. The number of aliphatic hydroxyl groups is 1. The van der Waals surface area contributed by atoms with E-state index in [2.05, 4.69) is 73.9 Å². The van der Waals surface area contributed by atoms with E-state index in [-0.39, 0.29) is 11.3 Å². The molecule has 2 aliphatic carbocycles. The zero-order valence-corrected chi connectivity index (χ0v) is 24.7. The summed E-state index contributed by atoms with van der Waals surface area (Å²) in [6, 6.07) is 3.71. The van der Waals surface area contributed by atoms with Crippen molar-refractivity contribution in [3.8, 4) is 6.07 Å². The van der Waals surface area contributed by atoms with Gasteiger partial charge in [0.1, 0.15) is 0 Å². The molecular formula is C33H45N5O. The molecule has 4 rings (SSSR count). The zero-order valence-electron chi connectivity index (χ0n) is 24.7. The Morgan fingerprint density at radius 2 is 2.05 bits per heavy atom. The summed E-state index contributed by atoms with van der Waals surface area (Å²) in [5, 5.41) is 22.0. The fraction of sp³-hybridized carbons (Fsp3) is 0.455. The highest BCUT2D eigenvalue weighted by molar-refractivity contribution is 5.85. The highest BCUT2D eigenvalue weighted by Crippen LogP contribution is 2.51. The lowest BCUT2D eigenvalue weighted by Gasteiger charge is -2.50. The molecule has 0 aliphatic heterocycles. The van der Waals surface area contributed by atoms with E-state index in [1.807, 2.05) is 51.4 Å². The van der Waals surface area contributed by atoms with Crippen LogP contribution in [0.3, 0.4) is 0 Å². The number of aryl methyl sites for hydroxylation is 1. The van der Waals surface area contributed by atoms with E-state index >= 15 is 0 Å². The van der Waals surface area contributed by atoms with Gasteiger partial charge in [-0.15, -0.1) is 6.58 Å². The molecule has 0 saturated heterocycles. The molecule has 2 aromatic rings. The van der Waals surface area contributed by atoms with Crippen molar-refractivity contribution in [1.82, 2.24) is 14.6 Å². The smallest absolute Gasteiger partial charge is 0.164 e. The van der Waals surface area contributed by atoms with E-state index in [0.717, 1.165) is 54.0 Å². The first-order chi connectivity index (χ1) is 18.5. The zero-order chi connectivity index (χ0) is 29.1. The van der Waals surface area contributed by atoms with Crippen LogP contribution < -0.4 is 0 Å². The monoisotopic (exact) mass is 527 g/mol. The number of nitrogens with zero attached hydrogens (tertiary/aromatic N) is 5. The maximum Gasteiger partial charge on any atom is 0.164 e. The highest BCUT2D eigenvalue weighted by atomic mass is 16.3. The fourth-order valence-corrected chi connectivity index (χ4v) is 4.63. The van der Waals surface area contributed by atoms with Gasteiger partial charge >= 0.3 is 0 Å². The van der Waals surface area contributed by atoms with Crippen LogP contribution in [0.25, 0.3) is 11.7 Å². The van der Waals surface area contributed by atoms with Gasteiger partial charge in [-0.2, -0.15) is 14.9 Å². The number of nitriles is 1. The molecule has 208 valence electrons. The largest absolute Gasteiger partial charge is 0.390 e. The van der Waals surface area contributed by atoms with Crippen molar-refractivity contribution < 1.29 is 5.11 Å². The van der Waals surface area contributed by atoms with Crippen molar-refractivity contribution in [2.75, 3.05) is 0 Å². The van der Waals surface area contributed by atoms with Gasteiger partial charge in [0, 0.05) is 31.0 Å². The van der Waals surface area contributed by atoms with E-state index in [4.69, 9.17) is 10.3 Å². The van der Waals surface area contributed by atoms with Crippen LogP contribution in [-0.2, 0) is 0 Å². The molecule has 0 amide bonds. The number of rotatable bonds is 7. The van der Waals surface area contributed by atoms with Gasteiger partial charge in [-0.1, -0.05) is 69.4 Å². The van der Waals surface area contributed by atoms with Crippen LogP contribution >= 0.6 is 0 Å². The predicted octanol–water partition coefficient (Wildman–Crippen LogP) is 8.13. The third-order valence-corrected chi connectivity index (χ3v) is 7.10. The summed E-state index contributed by atoms with van der Waals surface area (Å²) in [5.74, 6) is 1.56. The minimum absolute atomic E-state index is 0.108. The maximum absolute atomic E-state index is 10.1. The van der Waals surface area contributed by atoms with E-state index in [9.17, 15) is 5.11 Å². The molecule has 0 bridgehead atoms. The van der Waals surface area contributed by atoms with Gasteiger partial charge in [0.2, 0.25) is 0 Å². The van der Waals surface area contributed by atoms with Gasteiger partial charge in [-0.05, 0) is 69.3 Å². The first-order valence-corrected chi connectivity index (χ1v) is 13.8. The van der Waals surface area contributed by atoms with Crippen molar-refractivity contribution in [3.63, 3.8) is 0 Å². The Bertz CT molecular complexity index is 1290. The Hall–Kier alpha value is -3.56. The van der Waals surface area contributed by atoms with Crippen LogP contribution in [0, 0.1) is 35.5 Å². The van der Waals surface area contributed by atoms with E-state index in [0.29, 0.717) is 5.92 Å². The Morgan fingerprint density at radius 3 is 2.56 bits per heavy atom. The van der Waals surface area contributed by atoms with E-state index < -0.39 is 5.60 Å². The summed E-state index contributed by atoms with van der Waals surface area (Å²) >= 11 is 0. The number of aliphatic imine (C=N–C) groups is 1. The number of allylic oxidation sites excluding steroid dienone is 8. The lowest BCUT2D eigenvalue weighted by molar-refractivity contribution is -0.0888. The molecule has 1 saturated carbocycles. The molecule has 0 radical (unpaired) electrons. The molecule has 2 heterocycles. The highest BCUT2D eigenvalue weighted by Gasteiger charge is 2.47. The molecule has 1 N–H and O–H groups in total. The Balaban J connectivity index is 0.000000590. The first kappa shape index (κ1) is 31.7. The van der Waals surface area contributed by atoms with Gasteiger partial charge in [-0.3, -0.25) is 0 Å². The molecule has 2 aliphatic rings. The summed E-state index contributed by atoms with van der Waals surface area (Å²) < 4.78 is 1.80. The minimum atomic E-state index is -0.491. The van der Waals surface area contributed by atoms with Crippen LogP contribution in [-0.4, -0.2) is 31.5 Å². The van der Waals surface area contributed by atoms with Crippen LogP contribution in [0.15, 0.2) is 71.9 Å². The Morgan fingerprint density at radius 1 is 1.36 bits per heavy atom. The van der Waals surface area contributed by atoms with E-state index in [1.54, 1.807) is 10.6 Å². The summed E-state index contributed by atoms with van der Waals surface area (Å²) in [4.78, 5) is 9.35. The van der Waals surface area contributed by atoms with E-state index in [1.165, 1.54) is 6.92 Å². The van der Waals surface area contributed by atoms with Crippen LogP contribution in [0.2, 0.25) is 0 Å². The average molecular weight is 528 g/mol. The quantitative estimate of drug-likeness (QED) is 0.291. The number of hydrogen-bond acceptors (Lipinski definition) is 5. The lowest BCUT2D eigenvalue weighted by Crippen LogP contribution is -2.47. The normalized spacial score (nSPS) is 24.9. The van der Waals surface area contributed by atoms with Gasteiger partial charge in [-0.25, -0.2) is 9.98 Å². The van der Waals surface area contributed by atoms with Crippen LogP contribution in [0.4, 0.5) is 5.82 Å². The summed E-state index contributed by atoms with van der Waals surface area (Å²) in [6.07, 6.45) is 24.5. The van der Waals surface area contributed by atoms with Gasteiger partial charge < -0.3 is 5.11 Å². The number of fused-ring (bicyclic) bond motifs is 1. The molecule has 6 heteroatoms. The van der Waals surface area contributed by atoms with Crippen LogP contribution in [0.1, 0.15) is 78.5 Å². The fourth-order valence-electron chi connectivity index (χ4n) is 4.63. The molecule has 1 fully saturated rings. The summed E-state index contributed by atoms with van der Waals surface area (Å²) in [6.45, 7) is 17.7. The predicted molar refractivity (Wildman–Crippen MR) is 164 cm³/mol. The molecule has 2 aromatic heterocycles. The topological polar surface area (TPSA) is 86.6 Å². The van der Waals surface area contributed by atoms with Crippen molar-refractivity contribution in [3.05, 3.63) is 78.2 Å². The second kappa shape index (κ2) is 14.6.